The minimum absolute atomic E-state index is 0.157. The van der Waals surface area contributed by atoms with E-state index in [9.17, 15) is 0 Å². The molecule has 0 amide bonds. The van der Waals surface area contributed by atoms with Gasteiger partial charge >= 0.3 is 0 Å². The van der Waals surface area contributed by atoms with Crippen molar-refractivity contribution in [3.05, 3.63) is 0 Å². The van der Waals surface area contributed by atoms with Crippen LogP contribution in [0.4, 0.5) is 0 Å². The maximum atomic E-state index is 7.03. The average molecular weight is 417 g/mol. The monoisotopic (exact) mass is 416 g/mol. The molecule has 2 nitrogen and oxygen atoms in total. The zero-order valence-electron chi connectivity index (χ0n) is 21.4. The first-order valence-corrected chi connectivity index (χ1v) is 15.3. The van der Waals surface area contributed by atoms with Gasteiger partial charge in [-0.15, -0.1) is 0 Å². The van der Waals surface area contributed by atoms with E-state index in [2.05, 4.69) is 96.9 Å². The third kappa shape index (κ3) is 5.70. The lowest BCUT2D eigenvalue weighted by atomic mass is 10.2. The molecule has 0 aromatic heterocycles. The third-order valence-electron chi connectivity index (χ3n) is 6.45. The van der Waals surface area contributed by atoms with Crippen LogP contribution in [-0.2, 0) is 8.85 Å². The van der Waals surface area contributed by atoms with E-state index in [1.807, 2.05) is 0 Å². The molecule has 0 rings (SSSR count). The number of hydrogen-bond donors (Lipinski definition) is 0. The standard InChI is InChI=1S/C23H52O2Si2/c1-15-17-24-26(20(3,4)5,21(6,7)8)19-27(22(9,10)11,23(12,13)14)25-18-16-2/h15-19H2,1-14H3. The van der Waals surface area contributed by atoms with E-state index in [1.54, 1.807) is 0 Å². The highest BCUT2D eigenvalue weighted by Crippen LogP contribution is 2.62. The Balaban J connectivity index is 6.77. The lowest BCUT2D eigenvalue weighted by Crippen LogP contribution is -2.66. The highest BCUT2D eigenvalue weighted by Gasteiger charge is 2.65. The fourth-order valence-electron chi connectivity index (χ4n) is 5.18. The van der Waals surface area contributed by atoms with Crippen LogP contribution < -0.4 is 0 Å². The normalized spacial score (nSPS) is 15.3. The van der Waals surface area contributed by atoms with Crippen molar-refractivity contribution in [1.29, 1.82) is 0 Å². The van der Waals surface area contributed by atoms with E-state index in [1.165, 1.54) is 5.67 Å². The minimum Gasteiger partial charge on any atom is -0.416 e. The Hall–Kier alpha value is 0.354. The average Bonchev–Trinajstić information content (AvgIpc) is 2.41. The molecule has 0 aliphatic heterocycles. The van der Waals surface area contributed by atoms with Crippen molar-refractivity contribution in [2.75, 3.05) is 13.2 Å². The Labute approximate surface area is 174 Å². The summed E-state index contributed by atoms with van der Waals surface area (Å²) in [4.78, 5) is 0. The van der Waals surface area contributed by atoms with Gasteiger partial charge in [-0.2, -0.15) is 0 Å². The first-order valence-electron chi connectivity index (χ1n) is 11.1. The molecule has 0 saturated carbocycles. The summed E-state index contributed by atoms with van der Waals surface area (Å²) in [5.74, 6) is 0. The smallest absolute Gasteiger partial charge is 0.202 e. The summed E-state index contributed by atoms with van der Waals surface area (Å²) in [6.07, 6.45) is 2.16. The Morgan fingerprint density at radius 3 is 0.852 bits per heavy atom. The van der Waals surface area contributed by atoms with Crippen molar-refractivity contribution in [2.45, 2.75) is 136 Å². The molecule has 0 aromatic carbocycles. The molecule has 4 heteroatoms. The molecular formula is C23H52O2Si2. The molecule has 0 unspecified atom stereocenters. The summed E-state index contributed by atoms with van der Waals surface area (Å²) >= 11 is 0. The molecule has 0 radical (unpaired) electrons. The molecular weight excluding hydrogens is 364 g/mol. The summed E-state index contributed by atoms with van der Waals surface area (Å²) in [5, 5.41) is 0.630. The maximum Gasteiger partial charge on any atom is 0.202 e. The molecule has 0 bridgehead atoms. The van der Waals surface area contributed by atoms with Gasteiger partial charge in [-0.3, -0.25) is 0 Å². The molecule has 0 fully saturated rings. The highest BCUT2D eigenvalue weighted by molar-refractivity contribution is 6.96. The molecule has 0 heterocycles. The van der Waals surface area contributed by atoms with E-state index < -0.39 is 16.6 Å². The highest BCUT2D eigenvalue weighted by atomic mass is 28.4. The summed E-state index contributed by atoms with van der Waals surface area (Å²) in [5.41, 5.74) is 1.17. The van der Waals surface area contributed by atoms with Crippen LogP contribution in [0.15, 0.2) is 0 Å². The van der Waals surface area contributed by atoms with Crippen LogP contribution in [-0.4, -0.2) is 29.8 Å². The van der Waals surface area contributed by atoms with Crippen LogP contribution in [0.25, 0.3) is 0 Å². The molecule has 0 aliphatic rings. The van der Waals surface area contributed by atoms with E-state index >= 15 is 0 Å². The molecule has 27 heavy (non-hydrogen) atoms. The fraction of sp³-hybridized carbons (Fsp3) is 1.00. The van der Waals surface area contributed by atoms with Crippen LogP contribution >= 0.6 is 0 Å². The van der Waals surface area contributed by atoms with Crippen LogP contribution in [0.2, 0.25) is 25.8 Å². The van der Waals surface area contributed by atoms with Crippen molar-refractivity contribution in [1.82, 2.24) is 0 Å². The summed E-state index contributed by atoms with van der Waals surface area (Å²) in [6.45, 7) is 35.3. The maximum absolute atomic E-state index is 7.03. The van der Waals surface area contributed by atoms with E-state index in [4.69, 9.17) is 8.85 Å². The Morgan fingerprint density at radius 1 is 0.481 bits per heavy atom. The molecule has 0 aliphatic carbocycles. The molecule has 0 saturated heterocycles. The van der Waals surface area contributed by atoms with Crippen LogP contribution in [0.3, 0.4) is 0 Å². The second-order valence-electron chi connectivity index (χ2n) is 12.5. The lowest BCUT2D eigenvalue weighted by molar-refractivity contribution is 0.237. The summed E-state index contributed by atoms with van der Waals surface area (Å²) in [6, 6.07) is 0. The second kappa shape index (κ2) is 9.01. The first kappa shape index (κ1) is 27.4. The number of hydrogen-bond acceptors (Lipinski definition) is 2. The van der Waals surface area contributed by atoms with E-state index in [0.29, 0.717) is 0 Å². The molecule has 0 aromatic rings. The summed E-state index contributed by atoms with van der Waals surface area (Å²) in [7, 11) is -4.38. The van der Waals surface area contributed by atoms with Crippen molar-refractivity contribution in [3.63, 3.8) is 0 Å². The van der Waals surface area contributed by atoms with Crippen molar-refractivity contribution in [2.24, 2.45) is 0 Å². The molecule has 0 atom stereocenters. The fourth-order valence-corrected chi connectivity index (χ4v) is 24.6. The predicted octanol–water partition coefficient (Wildman–Crippen LogP) is 8.47. The number of rotatable bonds is 8. The van der Waals surface area contributed by atoms with Crippen LogP contribution in [0.5, 0.6) is 0 Å². The molecule has 0 spiro atoms. The van der Waals surface area contributed by atoms with Gasteiger partial charge in [0.15, 0.2) is 0 Å². The van der Waals surface area contributed by atoms with Gasteiger partial charge in [-0.1, -0.05) is 96.9 Å². The summed E-state index contributed by atoms with van der Waals surface area (Å²) < 4.78 is 14.1. The van der Waals surface area contributed by atoms with Gasteiger partial charge in [0.1, 0.15) is 0 Å². The largest absolute Gasteiger partial charge is 0.416 e. The van der Waals surface area contributed by atoms with Crippen molar-refractivity contribution in [3.8, 4) is 0 Å². The molecule has 0 N–H and O–H groups in total. The van der Waals surface area contributed by atoms with Crippen LogP contribution in [0, 0.1) is 0 Å². The quantitative estimate of drug-likeness (QED) is 0.369. The van der Waals surface area contributed by atoms with Gasteiger partial charge in [0.05, 0.1) is 0 Å². The SMILES string of the molecule is CCCO[Si](C[Si](OCCC)(C(C)(C)C)C(C)(C)C)(C(C)(C)C)C(C)(C)C. The topological polar surface area (TPSA) is 18.5 Å². The van der Waals surface area contributed by atoms with E-state index in [0.717, 1.165) is 26.1 Å². The van der Waals surface area contributed by atoms with Gasteiger partial charge < -0.3 is 8.85 Å². The van der Waals surface area contributed by atoms with Gasteiger partial charge in [0.25, 0.3) is 0 Å². The van der Waals surface area contributed by atoms with Crippen molar-refractivity contribution >= 4 is 16.6 Å². The van der Waals surface area contributed by atoms with Gasteiger partial charge in [-0.25, -0.2) is 0 Å². The van der Waals surface area contributed by atoms with Crippen molar-refractivity contribution < 1.29 is 8.85 Å². The Bertz CT molecular complexity index is 375. The van der Waals surface area contributed by atoms with Gasteiger partial charge in [0.2, 0.25) is 16.6 Å². The van der Waals surface area contributed by atoms with Crippen LogP contribution in [0.1, 0.15) is 110 Å². The Morgan fingerprint density at radius 2 is 0.704 bits per heavy atom. The first-order chi connectivity index (χ1) is 11.8. The zero-order valence-corrected chi connectivity index (χ0v) is 23.4. The molecule has 164 valence electrons. The zero-order chi connectivity index (χ0) is 21.9. The second-order valence-corrected chi connectivity index (χ2v) is 23.8. The third-order valence-corrected chi connectivity index (χ3v) is 21.5. The van der Waals surface area contributed by atoms with Gasteiger partial charge in [-0.05, 0) is 38.7 Å². The predicted molar refractivity (Wildman–Crippen MR) is 128 cm³/mol. The van der Waals surface area contributed by atoms with E-state index in [-0.39, 0.29) is 20.2 Å². The Kier molecular flexibility index (Phi) is 9.13. The minimum atomic E-state index is -2.19. The van der Waals surface area contributed by atoms with Gasteiger partial charge in [0, 0.05) is 13.2 Å². The lowest BCUT2D eigenvalue weighted by Gasteiger charge is -2.59.